The average molecular weight is 182 g/mol. The molecule has 0 heterocycles. The molecule has 0 atom stereocenters. The van der Waals surface area contributed by atoms with Crippen molar-refractivity contribution in [1.29, 1.82) is 0 Å². The van der Waals surface area contributed by atoms with Crippen molar-refractivity contribution in [2.24, 2.45) is 0 Å². The molecule has 0 saturated carbocycles. The fourth-order valence-electron chi connectivity index (χ4n) is 1.000. The summed E-state index contributed by atoms with van der Waals surface area (Å²) in [4.78, 5) is 0. The van der Waals surface area contributed by atoms with E-state index in [-0.39, 0.29) is 6.61 Å². The van der Waals surface area contributed by atoms with Crippen LogP contribution in [0.25, 0.3) is 0 Å². The van der Waals surface area contributed by atoms with Gasteiger partial charge in [0, 0.05) is 0 Å². The first-order valence-corrected chi connectivity index (χ1v) is 4.34. The molecule has 0 fully saturated rings. The van der Waals surface area contributed by atoms with Crippen molar-refractivity contribution in [2.75, 3.05) is 19.8 Å². The standard InChI is InChI=1S/C10H14O3/c1-2-12-9-5-3-4-6-10(9)13-8-7-11/h3-6,11H,2,7-8H2,1H3. The molecule has 3 heteroatoms. The van der Waals surface area contributed by atoms with Gasteiger partial charge in [0.05, 0.1) is 13.2 Å². The first-order chi connectivity index (χ1) is 6.38. The summed E-state index contributed by atoms with van der Waals surface area (Å²) in [6, 6.07) is 7.42. The van der Waals surface area contributed by atoms with E-state index in [9.17, 15) is 0 Å². The third-order valence-corrected chi connectivity index (χ3v) is 1.50. The summed E-state index contributed by atoms with van der Waals surface area (Å²) in [5.74, 6) is 1.40. The molecule has 0 aromatic heterocycles. The van der Waals surface area contributed by atoms with Gasteiger partial charge in [-0.25, -0.2) is 0 Å². The molecule has 0 bridgehead atoms. The van der Waals surface area contributed by atoms with Gasteiger partial charge in [0.2, 0.25) is 0 Å². The van der Waals surface area contributed by atoms with Gasteiger partial charge in [0.15, 0.2) is 11.5 Å². The Bertz CT molecular complexity index is 248. The van der Waals surface area contributed by atoms with Crippen LogP contribution in [0.2, 0.25) is 0 Å². The first-order valence-electron chi connectivity index (χ1n) is 4.34. The number of aliphatic hydroxyl groups excluding tert-OH is 1. The highest BCUT2D eigenvalue weighted by atomic mass is 16.5. The van der Waals surface area contributed by atoms with E-state index in [2.05, 4.69) is 0 Å². The highest BCUT2D eigenvalue weighted by Crippen LogP contribution is 2.25. The molecule has 0 unspecified atom stereocenters. The van der Waals surface area contributed by atoms with Crippen LogP contribution >= 0.6 is 0 Å². The second-order valence-electron chi connectivity index (χ2n) is 2.45. The first kappa shape index (κ1) is 9.86. The second kappa shape index (κ2) is 5.43. The smallest absolute Gasteiger partial charge is 0.161 e. The van der Waals surface area contributed by atoms with E-state index in [1.165, 1.54) is 0 Å². The Morgan fingerprint density at radius 3 is 2.31 bits per heavy atom. The summed E-state index contributed by atoms with van der Waals surface area (Å²) in [6.45, 7) is 2.84. The molecular weight excluding hydrogens is 168 g/mol. The zero-order valence-corrected chi connectivity index (χ0v) is 7.69. The van der Waals surface area contributed by atoms with Crippen LogP contribution in [0.4, 0.5) is 0 Å². The lowest BCUT2D eigenvalue weighted by Crippen LogP contribution is -2.03. The van der Waals surface area contributed by atoms with Gasteiger partial charge in [-0.05, 0) is 19.1 Å². The Hall–Kier alpha value is -1.22. The SMILES string of the molecule is CCOc1ccccc1OCCO. The number of rotatable bonds is 5. The molecule has 1 rings (SSSR count). The third kappa shape index (κ3) is 2.95. The number of hydrogen-bond donors (Lipinski definition) is 1. The van der Waals surface area contributed by atoms with Gasteiger partial charge >= 0.3 is 0 Å². The predicted molar refractivity (Wildman–Crippen MR) is 50.2 cm³/mol. The van der Waals surface area contributed by atoms with Gasteiger partial charge in [0.1, 0.15) is 6.61 Å². The molecule has 0 radical (unpaired) electrons. The summed E-state index contributed by atoms with van der Waals surface area (Å²) < 4.78 is 10.6. The van der Waals surface area contributed by atoms with Crippen LogP contribution < -0.4 is 9.47 Å². The maximum absolute atomic E-state index is 8.58. The molecule has 72 valence electrons. The summed E-state index contributed by atoms with van der Waals surface area (Å²) in [6.07, 6.45) is 0. The van der Waals surface area contributed by atoms with Gasteiger partial charge in [-0.3, -0.25) is 0 Å². The van der Waals surface area contributed by atoms with Crippen LogP contribution in [0, 0.1) is 0 Å². The summed E-state index contributed by atoms with van der Waals surface area (Å²) >= 11 is 0. The van der Waals surface area contributed by atoms with Crippen molar-refractivity contribution in [2.45, 2.75) is 6.92 Å². The average Bonchev–Trinajstić information content (AvgIpc) is 2.17. The number of para-hydroxylation sites is 2. The Balaban J connectivity index is 2.66. The van der Waals surface area contributed by atoms with Crippen LogP contribution in [0.15, 0.2) is 24.3 Å². The lowest BCUT2D eigenvalue weighted by molar-refractivity contribution is 0.194. The molecule has 0 spiro atoms. The van der Waals surface area contributed by atoms with Gasteiger partial charge in [-0.2, -0.15) is 0 Å². The number of hydrogen-bond acceptors (Lipinski definition) is 3. The van der Waals surface area contributed by atoms with E-state index in [1.54, 1.807) is 0 Å². The quantitative estimate of drug-likeness (QED) is 0.749. The topological polar surface area (TPSA) is 38.7 Å². The Labute approximate surface area is 77.9 Å². The van der Waals surface area contributed by atoms with Crippen LogP contribution in [0.1, 0.15) is 6.92 Å². The minimum absolute atomic E-state index is 0.0143. The Kier molecular flexibility index (Phi) is 4.12. The largest absolute Gasteiger partial charge is 0.490 e. The van der Waals surface area contributed by atoms with Gasteiger partial charge in [-0.1, -0.05) is 12.1 Å². The lowest BCUT2D eigenvalue weighted by Gasteiger charge is -2.09. The van der Waals surface area contributed by atoms with E-state index in [0.29, 0.717) is 19.0 Å². The zero-order valence-electron chi connectivity index (χ0n) is 7.69. The molecule has 0 aliphatic carbocycles. The normalized spacial score (nSPS) is 9.69. The maximum Gasteiger partial charge on any atom is 0.161 e. The number of benzene rings is 1. The fourth-order valence-corrected chi connectivity index (χ4v) is 1.000. The van der Waals surface area contributed by atoms with Crippen molar-refractivity contribution in [3.05, 3.63) is 24.3 Å². The van der Waals surface area contributed by atoms with E-state index in [0.717, 1.165) is 5.75 Å². The molecular formula is C10H14O3. The number of aliphatic hydroxyl groups is 1. The van der Waals surface area contributed by atoms with E-state index in [1.807, 2.05) is 31.2 Å². The predicted octanol–water partition coefficient (Wildman–Crippen LogP) is 1.46. The summed E-state index contributed by atoms with van der Waals surface area (Å²) in [5, 5.41) is 8.58. The van der Waals surface area contributed by atoms with Gasteiger partial charge in [0.25, 0.3) is 0 Å². The zero-order chi connectivity index (χ0) is 9.52. The molecule has 1 aromatic carbocycles. The fraction of sp³-hybridized carbons (Fsp3) is 0.400. The minimum atomic E-state index is 0.0143. The minimum Gasteiger partial charge on any atom is -0.490 e. The number of ether oxygens (including phenoxy) is 2. The third-order valence-electron chi connectivity index (χ3n) is 1.50. The molecule has 0 amide bonds. The van der Waals surface area contributed by atoms with E-state index >= 15 is 0 Å². The Morgan fingerprint density at radius 1 is 1.15 bits per heavy atom. The van der Waals surface area contributed by atoms with Crippen LogP contribution in [-0.2, 0) is 0 Å². The molecule has 1 aromatic rings. The molecule has 1 N–H and O–H groups in total. The van der Waals surface area contributed by atoms with Crippen LogP contribution in [0.3, 0.4) is 0 Å². The van der Waals surface area contributed by atoms with Gasteiger partial charge < -0.3 is 14.6 Å². The molecule has 0 aliphatic heterocycles. The van der Waals surface area contributed by atoms with E-state index in [4.69, 9.17) is 14.6 Å². The van der Waals surface area contributed by atoms with Gasteiger partial charge in [-0.15, -0.1) is 0 Å². The summed E-state index contributed by atoms with van der Waals surface area (Å²) in [5.41, 5.74) is 0. The van der Waals surface area contributed by atoms with Crippen molar-refractivity contribution in [3.63, 3.8) is 0 Å². The molecule has 0 aliphatic rings. The molecule has 13 heavy (non-hydrogen) atoms. The molecule has 3 nitrogen and oxygen atoms in total. The van der Waals surface area contributed by atoms with Crippen molar-refractivity contribution >= 4 is 0 Å². The highest BCUT2D eigenvalue weighted by molar-refractivity contribution is 5.39. The van der Waals surface area contributed by atoms with Crippen LogP contribution in [-0.4, -0.2) is 24.9 Å². The van der Waals surface area contributed by atoms with Crippen molar-refractivity contribution < 1.29 is 14.6 Å². The Morgan fingerprint density at radius 2 is 1.77 bits per heavy atom. The highest BCUT2D eigenvalue weighted by Gasteiger charge is 2.01. The van der Waals surface area contributed by atoms with Crippen LogP contribution in [0.5, 0.6) is 11.5 Å². The monoisotopic (exact) mass is 182 g/mol. The van der Waals surface area contributed by atoms with Crippen molar-refractivity contribution in [1.82, 2.24) is 0 Å². The lowest BCUT2D eigenvalue weighted by atomic mass is 10.3. The molecule has 0 saturated heterocycles. The van der Waals surface area contributed by atoms with Crippen molar-refractivity contribution in [3.8, 4) is 11.5 Å². The van der Waals surface area contributed by atoms with E-state index < -0.39 is 0 Å². The maximum atomic E-state index is 8.58. The summed E-state index contributed by atoms with van der Waals surface area (Å²) in [7, 11) is 0. The second-order valence-corrected chi connectivity index (χ2v) is 2.45.